The van der Waals surface area contributed by atoms with Gasteiger partial charge in [-0.15, -0.1) is 0 Å². The summed E-state index contributed by atoms with van der Waals surface area (Å²) in [4.78, 5) is 62.1. The molecule has 0 spiro atoms. The van der Waals surface area contributed by atoms with Crippen LogP contribution in [-0.4, -0.2) is 81.9 Å². The van der Waals surface area contributed by atoms with Crippen molar-refractivity contribution in [3.63, 3.8) is 0 Å². The molecular formula is C20H25N3O7. The highest BCUT2D eigenvalue weighted by Crippen LogP contribution is 2.20. The van der Waals surface area contributed by atoms with Gasteiger partial charge in [0.15, 0.2) is 0 Å². The van der Waals surface area contributed by atoms with E-state index in [0.717, 1.165) is 21.8 Å². The molecule has 3 amide bonds. The molecule has 1 aromatic carbocycles. The molecule has 0 aromatic heterocycles. The summed E-state index contributed by atoms with van der Waals surface area (Å²) in [6, 6.07) is 5.55. The number of piperazine rings is 1. The maximum atomic E-state index is 12.7. The molecule has 30 heavy (non-hydrogen) atoms. The van der Waals surface area contributed by atoms with E-state index in [4.69, 9.17) is 5.11 Å². The van der Waals surface area contributed by atoms with Crippen molar-refractivity contribution in [2.45, 2.75) is 26.3 Å². The lowest BCUT2D eigenvalue weighted by molar-refractivity contribution is -0.161. The summed E-state index contributed by atoms with van der Waals surface area (Å²) in [5.41, 5.74) is 1.43. The molecule has 1 aliphatic rings. The number of carboxylic acids is 2. The molecule has 2 rings (SSSR count). The van der Waals surface area contributed by atoms with Crippen molar-refractivity contribution in [1.82, 2.24) is 15.1 Å². The first kappa shape index (κ1) is 22.9. The van der Waals surface area contributed by atoms with Gasteiger partial charge in [0.25, 0.3) is 5.91 Å². The van der Waals surface area contributed by atoms with Crippen molar-refractivity contribution in [3.05, 3.63) is 35.4 Å². The summed E-state index contributed by atoms with van der Waals surface area (Å²) in [5, 5.41) is 20.8. The third kappa shape index (κ3) is 5.34. The Balaban J connectivity index is 2.09. The Bertz CT molecular complexity index is 837. The topological polar surface area (TPSA) is 144 Å². The molecule has 1 aliphatic heterocycles. The summed E-state index contributed by atoms with van der Waals surface area (Å²) in [5.74, 6) is -5.59. The molecule has 2 atom stereocenters. The summed E-state index contributed by atoms with van der Waals surface area (Å²) in [6.07, 6.45) is 0.825. The largest absolute Gasteiger partial charge is 0.481 e. The van der Waals surface area contributed by atoms with E-state index < -0.39 is 54.7 Å². The molecular weight excluding hydrogens is 394 g/mol. The molecule has 0 saturated carbocycles. The van der Waals surface area contributed by atoms with Crippen LogP contribution in [0.4, 0.5) is 0 Å². The van der Waals surface area contributed by atoms with Gasteiger partial charge in [0.05, 0.1) is 12.5 Å². The van der Waals surface area contributed by atoms with Crippen molar-refractivity contribution in [2.75, 3.05) is 26.2 Å². The molecule has 1 aromatic rings. The zero-order chi connectivity index (χ0) is 22.4. The van der Waals surface area contributed by atoms with E-state index in [-0.39, 0.29) is 13.1 Å². The van der Waals surface area contributed by atoms with Gasteiger partial charge in [-0.25, -0.2) is 0 Å². The third-order valence-electron chi connectivity index (χ3n) is 5.05. The number of rotatable bonds is 8. The Morgan fingerprint density at radius 2 is 1.77 bits per heavy atom. The fraction of sp³-hybridized carbons (Fsp3) is 0.450. The van der Waals surface area contributed by atoms with Crippen molar-refractivity contribution in [3.8, 4) is 0 Å². The highest BCUT2D eigenvalue weighted by atomic mass is 16.4. The summed E-state index contributed by atoms with van der Waals surface area (Å²) >= 11 is 0. The van der Waals surface area contributed by atoms with Gasteiger partial charge in [-0.1, -0.05) is 19.1 Å². The predicted molar refractivity (Wildman–Crippen MR) is 105 cm³/mol. The minimum absolute atomic E-state index is 0.0266. The number of nitrogens with one attached hydrogen (secondary N) is 1. The zero-order valence-electron chi connectivity index (χ0n) is 16.8. The molecule has 1 fully saturated rings. The summed E-state index contributed by atoms with van der Waals surface area (Å²) in [7, 11) is 0. The van der Waals surface area contributed by atoms with Crippen LogP contribution in [0.25, 0.3) is 0 Å². The molecule has 0 aliphatic carbocycles. The Hall–Kier alpha value is -3.43. The van der Waals surface area contributed by atoms with Crippen LogP contribution in [0.1, 0.15) is 29.8 Å². The fourth-order valence-corrected chi connectivity index (χ4v) is 3.27. The SMILES string of the molecule is CCc1ccc(C(=O)NCC(=O)N2CCN(CC(=O)O)C(=O)C2C(C)C(=O)O)cc1. The number of aryl methyl sites for hydroxylation is 1. The van der Waals surface area contributed by atoms with Crippen LogP contribution in [0, 0.1) is 5.92 Å². The lowest BCUT2D eigenvalue weighted by Crippen LogP contribution is -2.63. The number of hydrogen-bond donors (Lipinski definition) is 3. The van der Waals surface area contributed by atoms with E-state index in [9.17, 15) is 29.1 Å². The van der Waals surface area contributed by atoms with Crippen LogP contribution in [-0.2, 0) is 25.6 Å². The van der Waals surface area contributed by atoms with Crippen molar-refractivity contribution in [1.29, 1.82) is 0 Å². The molecule has 10 nitrogen and oxygen atoms in total. The summed E-state index contributed by atoms with van der Waals surface area (Å²) in [6.45, 7) is 2.22. The van der Waals surface area contributed by atoms with Crippen LogP contribution >= 0.6 is 0 Å². The Labute approximate surface area is 173 Å². The van der Waals surface area contributed by atoms with Crippen molar-refractivity contribution >= 4 is 29.7 Å². The molecule has 162 valence electrons. The van der Waals surface area contributed by atoms with Gasteiger partial charge < -0.3 is 25.3 Å². The smallest absolute Gasteiger partial charge is 0.323 e. The predicted octanol–water partition coefficient (Wildman–Crippen LogP) is -0.176. The molecule has 1 saturated heterocycles. The van der Waals surface area contributed by atoms with Crippen LogP contribution in [0.2, 0.25) is 0 Å². The van der Waals surface area contributed by atoms with Gasteiger partial charge in [-0.2, -0.15) is 0 Å². The van der Waals surface area contributed by atoms with Gasteiger partial charge in [-0.3, -0.25) is 24.0 Å². The number of carbonyl (C=O) groups excluding carboxylic acids is 3. The minimum atomic E-state index is -1.34. The number of carboxylic acid groups (broad SMARTS) is 2. The number of aliphatic carboxylic acids is 2. The Kier molecular flexibility index (Phi) is 7.51. The highest BCUT2D eigenvalue weighted by molar-refractivity contribution is 5.98. The number of carbonyl (C=O) groups is 5. The van der Waals surface area contributed by atoms with E-state index >= 15 is 0 Å². The van der Waals surface area contributed by atoms with Crippen LogP contribution < -0.4 is 5.32 Å². The maximum Gasteiger partial charge on any atom is 0.323 e. The van der Waals surface area contributed by atoms with E-state index in [1.807, 2.05) is 19.1 Å². The van der Waals surface area contributed by atoms with E-state index in [2.05, 4.69) is 5.32 Å². The third-order valence-corrected chi connectivity index (χ3v) is 5.05. The van der Waals surface area contributed by atoms with Crippen LogP contribution in [0.15, 0.2) is 24.3 Å². The standard InChI is InChI=1S/C20H25N3O7/c1-3-13-4-6-14(7-5-13)18(27)21-10-15(24)23-9-8-22(11-16(25)26)19(28)17(23)12(2)20(29)30/h4-7,12,17H,3,8-11H2,1-2H3,(H,21,27)(H,25,26)(H,29,30). The molecule has 10 heteroatoms. The quantitative estimate of drug-likeness (QED) is 0.530. The van der Waals surface area contributed by atoms with Crippen LogP contribution in [0.3, 0.4) is 0 Å². The average molecular weight is 419 g/mol. The minimum Gasteiger partial charge on any atom is -0.481 e. The number of hydrogen-bond acceptors (Lipinski definition) is 5. The van der Waals surface area contributed by atoms with Gasteiger partial charge in [-0.05, 0) is 31.0 Å². The maximum absolute atomic E-state index is 12.7. The highest BCUT2D eigenvalue weighted by Gasteiger charge is 2.43. The van der Waals surface area contributed by atoms with Gasteiger partial charge in [0.2, 0.25) is 11.8 Å². The van der Waals surface area contributed by atoms with E-state index in [0.29, 0.717) is 5.56 Å². The van der Waals surface area contributed by atoms with Gasteiger partial charge in [0.1, 0.15) is 12.6 Å². The molecule has 1 heterocycles. The van der Waals surface area contributed by atoms with Crippen molar-refractivity contribution < 1.29 is 34.2 Å². The second kappa shape index (κ2) is 9.86. The average Bonchev–Trinajstić information content (AvgIpc) is 2.72. The van der Waals surface area contributed by atoms with Crippen molar-refractivity contribution in [2.24, 2.45) is 5.92 Å². The van der Waals surface area contributed by atoms with Gasteiger partial charge >= 0.3 is 11.9 Å². The Morgan fingerprint density at radius 3 is 2.30 bits per heavy atom. The monoisotopic (exact) mass is 419 g/mol. The first-order valence-electron chi connectivity index (χ1n) is 9.55. The molecule has 0 radical (unpaired) electrons. The van der Waals surface area contributed by atoms with E-state index in [1.165, 1.54) is 6.92 Å². The summed E-state index contributed by atoms with van der Waals surface area (Å²) < 4.78 is 0. The second-order valence-corrected chi connectivity index (χ2v) is 7.05. The lowest BCUT2D eigenvalue weighted by Gasteiger charge is -2.41. The number of benzene rings is 1. The van der Waals surface area contributed by atoms with Crippen LogP contribution in [0.5, 0.6) is 0 Å². The number of amides is 3. The zero-order valence-corrected chi connectivity index (χ0v) is 16.8. The first-order chi connectivity index (χ1) is 14.1. The number of nitrogens with zero attached hydrogens (tertiary/aromatic N) is 2. The molecule has 2 unspecified atom stereocenters. The fourth-order valence-electron chi connectivity index (χ4n) is 3.27. The molecule has 0 bridgehead atoms. The second-order valence-electron chi connectivity index (χ2n) is 7.05. The Morgan fingerprint density at radius 1 is 1.13 bits per heavy atom. The van der Waals surface area contributed by atoms with E-state index in [1.54, 1.807) is 12.1 Å². The molecule has 3 N–H and O–H groups in total. The first-order valence-corrected chi connectivity index (χ1v) is 9.55. The normalized spacial score (nSPS) is 17.4. The lowest BCUT2D eigenvalue weighted by atomic mass is 9.96. The van der Waals surface area contributed by atoms with Gasteiger partial charge in [0, 0.05) is 18.7 Å².